The Kier molecular flexibility index (Phi) is 6.64. The summed E-state index contributed by atoms with van der Waals surface area (Å²) in [5.41, 5.74) is 3.23. The van der Waals surface area contributed by atoms with Crippen LogP contribution in [0.25, 0.3) is 0 Å². The van der Waals surface area contributed by atoms with Gasteiger partial charge in [-0.2, -0.15) is 0 Å². The molecule has 134 valence electrons. The Morgan fingerprint density at radius 2 is 1.88 bits per heavy atom. The van der Waals surface area contributed by atoms with Crippen LogP contribution in [0.15, 0.2) is 53.4 Å². The van der Waals surface area contributed by atoms with Crippen molar-refractivity contribution in [3.63, 3.8) is 0 Å². The van der Waals surface area contributed by atoms with Crippen LogP contribution in [-0.2, 0) is 20.6 Å². The largest absolute Gasteiger partial charge is 0.349 e. The first kappa shape index (κ1) is 19.5. The summed E-state index contributed by atoms with van der Waals surface area (Å²) < 4.78 is 22.5. The Labute approximate surface area is 153 Å². The molecule has 7 heteroatoms. The molecule has 1 amide bonds. The molecule has 0 spiro atoms. The molecule has 0 bridgehead atoms. The standard InChI is InChI=1S/C18H22N2O3S2/c1-13-4-3-5-15(10-13)11-24-12-18(21)20-14(2)16-6-8-17(9-7-16)25(19,22)23/h3-10,14H,11-12H2,1-2H3,(H,20,21)(H2,19,22,23). The zero-order valence-electron chi connectivity index (χ0n) is 14.2. The number of nitrogens with two attached hydrogens (primary N) is 1. The van der Waals surface area contributed by atoms with Gasteiger partial charge in [0, 0.05) is 5.75 Å². The first-order valence-corrected chi connectivity index (χ1v) is 10.5. The number of hydrogen-bond donors (Lipinski definition) is 2. The summed E-state index contributed by atoms with van der Waals surface area (Å²) in [5, 5.41) is 7.99. The first-order valence-electron chi connectivity index (χ1n) is 7.81. The average molecular weight is 379 g/mol. The van der Waals surface area contributed by atoms with Gasteiger partial charge in [-0.15, -0.1) is 11.8 Å². The lowest BCUT2D eigenvalue weighted by Crippen LogP contribution is -2.28. The van der Waals surface area contributed by atoms with Gasteiger partial charge < -0.3 is 5.32 Å². The monoisotopic (exact) mass is 378 g/mol. The van der Waals surface area contributed by atoms with Crippen LogP contribution < -0.4 is 10.5 Å². The molecule has 0 aliphatic carbocycles. The van der Waals surface area contributed by atoms with Gasteiger partial charge in [0.05, 0.1) is 16.7 Å². The molecule has 0 saturated carbocycles. The second-order valence-corrected chi connectivity index (χ2v) is 8.43. The maximum atomic E-state index is 12.1. The first-order chi connectivity index (χ1) is 11.8. The van der Waals surface area contributed by atoms with Gasteiger partial charge in [0.2, 0.25) is 15.9 Å². The van der Waals surface area contributed by atoms with E-state index in [4.69, 9.17) is 5.14 Å². The number of rotatable bonds is 7. The second kappa shape index (κ2) is 8.51. The SMILES string of the molecule is Cc1cccc(CSCC(=O)NC(C)c2ccc(S(N)(=O)=O)cc2)c1. The number of thioether (sulfide) groups is 1. The molecule has 0 radical (unpaired) electrons. The van der Waals surface area contributed by atoms with E-state index in [2.05, 4.69) is 11.4 Å². The highest BCUT2D eigenvalue weighted by molar-refractivity contribution is 7.99. The third kappa shape index (κ3) is 6.19. The molecule has 0 aliphatic heterocycles. The Bertz CT molecular complexity index is 834. The van der Waals surface area contributed by atoms with Crippen molar-refractivity contribution in [1.29, 1.82) is 0 Å². The summed E-state index contributed by atoms with van der Waals surface area (Å²) in [5.74, 6) is 1.10. The normalized spacial score (nSPS) is 12.6. The van der Waals surface area contributed by atoms with Crippen LogP contribution in [0.4, 0.5) is 0 Å². The molecule has 3 N–H and O–H groups in total. The lowest BCUT2D eigenvalue weighted by molar-refractivity contribution is -0.119. The molecule has 0 heterocycles. The zero-order chi connectivity index (χ0) is 18.4. The predicted octanol–water partition coefficient (Wildman–Crippen LogP) is 2.75. The van der Waals surface area contributed by atoms with Crippen LogP contribution >= 0.6 is 11.8 Å². The number of amides is 1. The molecule has 2 aromatic carbocycles. The second-order valence-electron chi connectivity index (χ2n) is 5.89. The number of aryl methyl sites for hydroxylation is 1. The molecule has 0 aromatic heterocycles. The lowest BCUT2D eigenvalue weighted by Gasteiger charge is -2.14. The summed E-state index contributed by atoms with van der Waals surface area (Å²) in [4.78, 5) is 12.1. The molecular formula is C18H22N2O3S2. The third-order valence-electron chi connectivity index (χ3n) is 3.67. The van der Waals surface area contributed by atoms with E-state index in [0.29, 0.717) is 5.75 Å². The molecule has 1 unspecified atom stereocenters. The maximum Gasteiger partial charge on any atom is 0.238 e. The van der Waals surface area contributed by atoms with Gasteiger partial charge >= 0.3 is 0 Å². The van der Waals surface area contributed by atoms with Crippen LogP contribution in [0.5, 0.6) is 0 Å². The highest BCUT2D eigenvalue weighted by Crippen LogP contribution is 2.17. The average Bonchev–Trinajstić information content (AvgIpc) is 2.54. The van der Waals surface area contributed by atoms with Crippen molar-refractivity contribution in [2.45, 2.75) is 30.5 Å². The summed E-state index contributed by atoms with van der Waals surface area (Å²) in [6.07, 6.45) is 0. The van der Waals surface area contributed by atoms with E-state index in [9.17, 15) is 13.2 Å². The van der Waals surface area contributed by atoms with Gasteiger partial charge in [-0.1, -0.05) is 42.0 Å². The van der Waals surface area contributed by atoms with Gasteiger partial charge in [-0.3, -0.25) is 4.79 Å². The Morgan fingerprint density at radius 1 is 1.20 bits per heavy atom. The number of primary sulfonamides is 1. The minimum Gasteiger partial charge on any atom is -0.349 e. The van der Waals surface area contributed by atoms with E-state index in [1.54, 1.807) is 23.9 Å². The maximum absolute atomic E-state index is 12.1. The molecule has 1 atom stereocenters. The number of benzene rings is 2. The molecule has 0 aliphatic rings. The quantitative estimate of drug-likeness (QED) is 0.775. The van der Waals surface area contributed by atoms with Crippen LogP contribution in [0.3, 0.4) is 0 Å². The van der Waals surface area contributed by atoms with Crippen molar-refractivity contribution in [3.8, 4) is 0 Å². The van der Waals surface area contributed by atoms with Gasteiger partial charge in [0.1, 0.15) is 0 Å². The van der Waals surface area contributed by atoms with E-state index in [1.165, 1.54) is 23.3 Å². The smallest absolute Gasteiger partial charge is 0.238 e. The summed E-state index contributed by atoms with van der Waals surface area (Å²) in [7, 11) is -3.70. The number of carbonyl (C=O) groups is 1. The molecule has 5 nitrogen and oxygen atoms in total. The topological polar surface area (TPSA) is 89.3 Å². The molecule has 2 aromatic rings. The minimum atomic E-state index is -3.70. The van der Waals surface area contributed by atoms with Gasteiger partial charge in [0.25, 0.3) is 0 Å². The number of nitrogens with one attached hydrogen (secondary N) is 1. The number of sulfonamides is 1. The van der Waals surface area contributed by atoms with E-state index in [-0.39, 0.29) is 16.8 Å². The van der Waals surface area contributed by atoms with Gasteiger partial charge in [-0.25, -0.2) is 13.6 Å². The number of carbonyl (C=O) groups excluding carboxylic acids is 1. The summed E-state index contributed by atoms with van der Waals surface area (Å²) in [6, 6.07) is 14.2. The van der Waals surface area contributed by atoms with Gasteiger partial charge in [-0.05, 0) is 37.1 Å². The lowest BCUT2D eigenvalue weighted by atomic mass is 10.1. The zero-order valence-corrected chi connectivity index (χ0v) is 15.9. The van der Waals surface area contributed by atoms with Crippen molar-refractivity contribution in [1.82, 2.24) is 5.32 Å². The van der Waals surface area contributed by atoms with Crippen LogP contribution in [-0.4, -0.2) is 20.1 Å². The molecular weight excluding hydrogens is 356 g/mol. The van der Waals surface area contributed by atoms with Crippen LogP contribution in [0.1, 0.15) is 29.7 Å². The van der Waals surface area contributed by atoms with Gasteiger partial charge in [0.15, 0.2) is 0 Å². The van der Waals surface area contributed by atoms with Crippen molar-refractivity contribution >= 4 is 27.7 Å². The summed E-state index contributed by atoms with van der Waals surface area (Å²) in [6.45, 7) is 3.90. The molecule has 0 fully saturated rings. The van der Waals surface area contributed by atoms with E-state index < -0.39 is 10.0 Å². The Morgan fingerprint density at radius 3 is 2.48 bits per heavy atom. The fourth-order valence-corrected chi connectivity index (χ4v) is 3.68. The number of hydrogen-bond acceptors (Lipinski definition) is 4. The van der Waals surface area contributed by atoms with E-state index in [1.807, 2.05) is 32.0 Å². The fraction of sp³-hybridized carbons (Fsp3) is 0.278. The van der Waals surface area contributed by atoms with Crippen molar-refractivity contribution in [2.75, 3.05) is 5.75 Å². The predicted molar refractivity (Wildman–Crippen MR) is 102 cm³/mol. The van der Waals surface area contributed by atoms with E-state index in [0.717, 1.165) is 11.3 Å². The van der Waals surface area contributed by atoms with Crippen LogP contribution in [0, 0.1) is 6.92 Å². The highest BCUT2D eigenvalue weighted by atomic mass is 32.2. The van der Waals surface area contributed by atoms with Crippen molar-refractivity contribution in [2.24, 2.45) is 5.14 Å². The third-order valence-corrected chi connectivity index (χ3v) is 5.60. The fourth-order valence-electron chi connectivity index (χ4n) is 2.38. The van der Waals surface area contributed by atoms with Crippen molar-refractivity contribution < 1.29 is 13.2 Å². The van der Waals surface area contributed by atoms with Crippen LogP contribution in [0.2, 0.25) is 0 Å². The molecule has 0 saturated heterocycles. The molecule has 25 heavy (non-hydrogen) atoms. The Hall–Kier alpha value is -1.83. The minimum absolute atomic E-state index is 0.0549. The molecule has 2 rings (SSSR count). The summed E-state index contributed by atoms with van der Waals surface area (Å²) >= 11 is 1.56. The highest BCUT2D eigenvalue weighted by Gasteiger charge is 2.12. The van der Waals surface area contributed by atoms with E-state index >= 15 is 0 Å². The Balaban J connectivity index is 1.83. The van der Waals surface area contributed by atoms with Crippen molar-refractivity contribution in [3.05, 3.63) is 65.2 Å².